The molecule has 1 aliphatic heterocycles. The first-order valence-electron chi connectivity index (χ1n) is 7.31. The molecule has 22 heavy (non-hydrogen) atoms. The number of nitrogens with one attached hydrogen (secondary N) is 1. The molecule has 0 bridgehead atoms. The molecular weight excluding hydrogens is 294 g/mol. The molecule has 0 spiro atoms. The second-order valence-electron chi connectivity index (χ2n) is 5.01. The number of esters is 2. The Morgan fingerprint density at radius 2 is 2.14 bits per heavy atom. The Morgan fingerprint density at radius 3 is 2.73 bits per heavy atom. The average Bonchev–Trinajstić information content (AvgIpc) is 2.44. The van der Waals surface area contributed by atoms with Crippen LogP contribution < -0.4 is 5.32 Å². The zero-order chi connectivity index (χ0) is 16.5. The lowest BCUT2D eigenvalue weighted by Gasteiger charge is -2.29. The number of amides is 1. The Labute approximate surface area is 129 Å². The Balaban J connectivity index is 2.43. The number of ether oxygens (including phenoxy) is 3. The van der Waals surface area contributed by atoms with Crippen LogP contribution in [-0.2, 0) is 28.6 Å². The molecule has 126 valence electrons. The third kappa shape index (κ3) is 6.40. The van der Waals surface area contributed by atoms with Gasteiger partial charge in [-0.2, -0.15) is 0 Å². The predicted molar refractivity (Wildman–Crippen MR) is 74.8 cm³/mol. The van der Waals surface area contributed by atoms with E-state index >= 15 is 0 Å². The third-order valence-electron chi connectivity index (χ3n) is 3.15. The molecule has 0 aromatic heterocycles. The van der Waals surface area contributed by atoms with E-state index in [4.69, 9.17) is 19.3 Å². The van der Waals surface area contributed by atoms with Gasteiger partial charge in [-0.1, -0.05) is 0 Å². The molecule has 0 radical (unpaired) electrons. The lowest BCUT2D eigenvalue weighted by Crippen LogP contribution is -2.46. The van der Waals surface area contributed by atoms with Crippen LogP contribution >= 0.6 is 0 Å². The number of hydrogen-bond donors (Lipinski definition) is 2. The van der Waals surface area contributed by atoms with Crippen molar-refractivity contribution in [2.24, 2.45) is 0 Å². The summed E-state index contributed by atoms with van der Waals surface area (Å²) in [6.45, 7) is 3.01. The first-order valence-corrected chi connectivity index (χ1v) is 7.31. The van der Waals surface area contributed by atoms with Crippen molar-refractivity contribution in [1.82, 2.24) is 5.32 Å². The quantitative estimate of drug-likeness (QED) is 0.610. The van der Waals surface area contributed by atoms with Crippen LogP contribution in [0.25, 0.3) is 0 Å². The number of carbonyl (C=O) groups excluding carboxylic acids is 3. The topological polar surface area (TPSA) is 111 Å². The van der Waals surface area contributed by atoms with Crippen LogP contribution in [0.4, 0.5) is 0 Å². The van der Waals surface area contributed by atoms with Crippen LogP contribution in [0.2, 0.25) is 0 Å². The molecule has 1 amide bonds. The fourth-order valence-corrected chi connectivity index (χ4v) is 2.21. The fraction of sp³-hybridized carbons (Fsp3) is 0.786. The number of aliphatic hydroxyl groups excluding tert-OH is 1. The average molecular weight is 317 g/mol. The van der Waals surface area contributed by atoms with Gasteiger partial charge in [-0.3, -0.25) is 9.59 Å². The summed E-state index contributed by atoms with van der Waals surface area (Å²) in [6.07, 6.45) is 0.395. The number of carbonyl (C=O) groups is 3. The van der Waals surface area contributed by atoms with Gasteiger partial charge in [0.25, 0.3) is 0 Å². The fourth-order valence-electron chi connectivity index (χ4n) is 2.21. The first-order chi connectivity index (χ1) is 10.5. The standard InChI is InChI=1S/C14H23NO7/c1-3-20-14(19)12(8-16)15-13(18)7-11-6-10(4-5-21-11)22-9(2)17/h10-12,16H,3-8H2,1-2H3,(H,15,18). The minimum atomic E-state index is -1.08. The molecule has 8 nitrogen and oxygen atoms in total. The maximum absolute atomic E-state index is 11.9. The van der Waals surface area contributed by atoms with Crippen LogP contribution in [0, 0.1) is 0 Å². The van der Waals surface area contributed by atoms with Crippen LogP contribution in [0.1, 0.15) is 33.1 Å². The molecular formula is C14H23NO7. The molecule has 0 aromatic carbocycles. The number of hydrogen-bond acceptors (Lipinski definition) is 7. The zero-order valence-corrected chi connectivity index (χ0v) is 12.9. The van der Waals surface area contributed by atoms with Gasteiger partial charge in [0.1, 0.15) is 6.10 Å². The van der Waals surface area contributed by atoms with Crippen molar-refractivity contribution in [1.29, 1.82) is 0 Å². The van der Waals surface area contributed by atoms with Crippen molar-refractivity contribution in [3.05, 3.63) is 0 Å². The molecule has 1 heterocycles. The van der Waals surface area contributed by atoms with Gasteiger partial charge < -0.3 is 24.6 Å². The summed E-state index contributed by atoms with van der Waals surface area (Å²) in [4.78, 5) is 34.3. The zero-order valence-electron chi connectivity index (χ0n) is 12.9. The van der Waals surface area contributed by atoms with Gasteiger partial charge in [0.05, 0.1) is 32.3 Å². The van der Waals surface area contributed by atoms with E-state index < -0.39 is 24.5 Å². The van der Waals surface area contributed by atoms with Gasteiger partial charge in [-0.05, 0) is 6.92 Å². The van der Waals surface area contributed by atoms with Gasteiger partial charge in [-0.25, -0.2) is 4.79 Å². The van der Waals surface area contributed by atoms with Crippen LogP contribution in [-0.4, -0.2) is 61.0 Å². The Kier molecular flexibility index (Phi) is 7.83. The van der Waals surface area contributed by atoms with Crippen molar-refractivity contribution in [3.63, 3.8) is 0 Å². The maximum atomic E-state index is 11.9. The molecule has 0 aromatic rings. The summed E-state index contributed by atoms with van der Waals surface area (Å²) in [5, 5.41) is 11.5. The molecule has 3 atom stereocenters. The summed E-state index contributed by atoms with van der Waals surface area (Å²) < 4.78 is 15.3. The van der Waals surface area contributed by atoms with E-state index in [0.717, 1.165) is 0 Å². The molecule has 3 unspecified atom stereocenters. The van der Waals surface area contributed by atoms with E-state index in [0.29, 0.717) is 19.4 Å². The summed E-state index contributed by atoms with van der Waals surface area (Å²) in [5.74, 6) is -1.47. The molecule has 0 saturated carbocycles. The molecule has 2 N–H and O–H groups in total. The number of aliphatic hydroxyl groups is 1. The Morgan fingerprint density at radius 1 is 1.41 bits per heavy atom. The second-order valence-corrected chi connectivity index (χ2v) is 5.01. The highest BCUT2D eigenvalue weighted by Crippen LogP contribution is 2.19. The van der Waals surface area contributed by atoms with E-state index in [1.54, 1.807) is 6.92 Å². The van der Waals surface area contributed by atoms with Crippen molar-refractivity contribution in [3.8, 4) is 0 Å². The van der Waals surface area contributed by atoms with E-state index in [-0.39, 0.29) is 31.2 Å². The van der Waals surface area contributed by atoms with E-state index in [9.17, 15) is 14.4 Å². The highest BCUT2D eigenvalue weighted by Gasteiger charge is 2.28. The molecule has 1 saturated heterocycles. The number of rotatable bonds is 7. The Hall–Kier alpha value is -1.67. The van der Waals surface area contributed by atoms with Crippen molar-refractivity contribution in [2.45, 2.75) is 51.4 Å². The predicted octanol–water partition coefficient (Wildman–Crippen LogP) is -0.473. The molecule has 8 heteroatoms. The molecule has 0 aliphatic carbocycles. The van der Waals surface area contributed by atoms with E-state index in [1.165, 1.54) is 6.92 Å². The van der Waals surface area contributed by atoms with Crippen molar-refractivity contribution < 1.29 is 33.7 Å². The molecule has 1 fully saturated rings. The van der Waals surface area contributed by atoms with Gasteiger partial charge in [0, 0.05) is 19.8 Å². The van der Waals surface area contributed by atoms with E-state index in [2.05, 4.69) is 5.32 Å². The van der Waals surface area contributed by atoms with Gasteiger partial charge in [-0.15, -0.1) is 0 Å². The smallest absolute Gasteiger partial charge is 0.331 e. The van der Waals surface area contributed by atoms with Crippen molar-refractivity contribution >= 4 is 17.8 Å². The van der Waals surface area contributed by atoms with Gasteiger partial charge >= 0.3 is 11.9 Å². The lowest BCUT2D eigenvalue weighted by atomic mass is 10.0. The SMILES string of the molecule is CCOC(=O)C(CO)NC(=O)CC1CC(OC(C)=O)CCO1. The Bertz CT molecular complexity index is 399. The summed E-state index contributed by atoms with van der Waals surface area (Å²) in [5.41, 5.74) is 0. The second kappa shape index (κ2) is 9.37. The lowest BCUT2D eigenvalue weighted by molar-refractivity contribution is -0.155. The molecule has 1 aliphatic rings. The van der Waals surface area contributed by atoms with Crippen LogP contribution in [0.5, 0.6) is 0 Å². The van der Waals surface area contributed by atoms with Crippen LogP contribution in [0.15, 0.2) is 0 Å². The largest absolute Gasteiger partial charge is 0.464 e. The van der Waals surface area contributed by atoms with E-state index in [1.807, 2.05) is 0 Å². The van der Waals surface area contributed by atoms with Crippen LogP contribution in [0.3, 0.4) is 0 Å². The first kappa shape index (κ1) is 18.4. The highest BCUT2D eigenvalue weighted by atomic mass is 16.6. The minimum Gasteiger partial charge on any atom is -0.464 e. The summed E-state index contributed by atoms with van der Waals surface area (Å²) in [6, 6.07) is -1.08. The van der Waals surface area contributed by atoms with Gasteiger partial charge in [0.2, 0.25) is 5.91 Å². The maximum Gasteiger partial charge on any atom is 0.331 e. The summed E-state index contributed by atoms with van der Waals surface area (Å²) in [7, 11) is 0. The minimum absolute atomic E-state index is 0.0215. The van der Waals surface area contributed by atoms with Gasteiger partial charge in [0.15, 0.2) is 6.04 Å². The summed E-state index contributed by atoms with van der Waals surface area (Å²) >= 11 is 0. The monoisotopic (exact) mass is 317 g/mol. The highest BCUT2D eigenvalue weighted by molar-refractivity contribution is 5.84. The third-order valence-corrected chi connectivity index (χ3v) is 3.15. The van der Waals surface area contributed by atoms with Crippen molar-refractivity contribution in [2.75, 3.05) is 19.8 Å². The molecule has 1 rings (SSSR count). The normalized spacial score (nSPS) is 22.5.